The molecule has 0 aromatic heterocycles. The maximum Gasteiger partial charge on any atom is 0.594 e. The van der Waals surface area contributed by atoms with E-state index in [1.807, 2.05) is 0 Å². The molecular weight excluding hydrogens is 237 g/mol. The van der Waals surface area contributed by atoms with Crippen LogP contribution in [-0.2, 0) is 15.9 Å². The van der Waals surface area contributed by atoms with Crippen LogP contribution in [0.4, 0.5) is 0 Å². The highest BCUT2D eigenvalue weighted by atomic mass is 16.7. The van der Waals surface area contributed by atoms with E-state index in [0.29, 0.717) is 0 Å². The van der Waals surface area contributed by atoms with Crippen molar-refractivity contribution in [2.75, 3.05) is 0 Å². The van der Waals surface area contributed by atoms with Crippen LogP contribution >= 0.6 is 0 Å². The third-order valence-electron chi connectivity index (χ3n) is 4.37. The first-order valence-corrected chi connectivity index (χ1v) is 6.77. The van der Waals surface area contributed by atoms with E-state index in [4.69, 9.17) is 9.31 Å². The zero-order valence-corrected chi connectivity index (χ0v) is 12.0. The molecule has 0 N–H and O–H groups in total. The largest absolute Gasteiger partial charge is 0.594 e. The first kappa shape index (κ1) is 12.8. The van der Waals surface area contributed by atoms with Crippen LogP contribution in [0.2, 0.25) is 0 Å². The Morgan fingerprint density at radius 2 is 1.68 bits per heavy atom. The summed E-state index contributed by atoms with van der Waals surface area (Å²) in [6.07, 6.45) is 4.17. The summed E-state index contributed by atoms with van der Waals surface area (Å²) in [6, 6.07) is 8.42. The molecule has 1 aromatic rings. The number of benzene rings is 1. The third-order valence-corrected chi connectivity index (χ3v) is 4.37. The maximum absolute atomic E-state index is 6.07. The first-order valence-electron chi connectivity index (χ1n) is 6.77. The lowest BCUT2D eigenvalue weighted by atomic mass is 9.90. The summed E-state index contributed by atoms with van der Waals surface area (Å²) in [5.41, 5.74) is 2.00. The molecule has 2 heterocycles. The average Bonchev–Trinajstić information content (AvgIpc) is 2.58. The van der Waals surface area contributed by atoms with Gasteiger partial charge in [0.05, 0.1) is 11.2 Å². The Labute approximate surface area is 115 Å². The molecule has 2 aliphatic rings. The van der Waals surface area contributed by atoms with Gasteiger partial charge in [-0.05, 0) is 51.1 Å². The normalized spacial score (nSPS) is 23.6. The predicted octanol–water partition coefficient (Wildman–Crippen LogP) is 3.06. The Balaban J connectivity index is 1.81. The van der Waals surface area contributed by atoms with Gasteiger partial charge < -0.3 is 14.1 Å². The standard InChI is InChI=1S/C15H20BNO2/c1-14(2)15(3,4)19-16(18-14)17-10-9-12-7-5-6-8-13(12)11-17/h5-10H,11H2,1-4H3. The molecule has 0 unspecified atom stereocenters. The first-order chi connectivity index (χ1) is 8.89. The highest BCUT2D eigenvalue weighted by Crippen LogP contribution is 2.38. The molecule has 19 heavy (non-hydrogen) atoms. The molecule has 3 rings (SSSR count). The SMILES string of the molecule is CC1(C)OB(N2C=Cc3ccccc3C2)OC1(C)C. The van der Waals surface area contributed by atoms with Crippen LogP contribution in [0.15, 0.2) is 30.5 Å². The highest BCUT2D eigenvalue weighted by Gasteiger charge is 2.53. The lowest BCUT2D eigenvalue weighted by Crippen LogP contribution is -2.41. The van der Waals surface area contributed by atoms with Gasteiger partial charge in [-0.25, -0.2) is 0 Å². The van der Waals surface area contributed by atoms with Crippen LogP contribution in [-0.4, -0.2) is 23.3 Å². The van der Waals surface area contributed by atoms with Crippen molar-refractivity contribution in [3.05, 3.63) is 41.6 Å². The van der Waals surface area contributed by atoms with Crippen molar-refractivity contribution in [1.29, 1.82) is 0 Å². The van der Waals surface area contributed by atoms with Crippen molar-refractivity contribution < 1.29 is 9.31 Å². The maximum atomic E-state index is 6.07. The molecule has 0 spiro atoms. The van der Waals surface area contributed by atoms with Crippen molar-refractivity contribution in [1.82, 2.24) is 4.81 Å². The second kappa shape index (κ2) is 4.12. The van der Waals surface area contributed by atoms with Gasteiger partial charge in [0.15, 0.2) is 0 Å². The summed E-state index contributed by atoms with van der Waals surface area (Å²) >= 11 is 0. The van der Waals surface area contributed by atoms with E-state index in [9.17, 15) is 0 Å². The Hall–Kier alpha value is -1.26. The minimum atomic E-state index is -0.311. The van der Waals surface area contributed by atoms with Gasteiger partial charge in [-0.2, -0.15) is 0 Å². The van der Waals surface area contributed by atoms with E-state index in [-0.39, 0.29) is 18.5 Å². The second-order valence-corrected chi connectivity index (χ2v) is 6.25. The lowest BCUT2D eigenvalue weighted by molar-refractivity contribution is 0.00578. The molecule has 100 valence electrons. The molecule has 3 nitrogen and oxygen atoms in total. The van der Waals surface area contributed by atoms with E-state index in [2.05, 4.69) is 69.0 Å². The van der Waals surface area contributed by atoms with Gasteiger partial charge in [0.2, 0.25) is 0 Å². The zero-order chi connectivity index (χ0) is 13.7. The van der Waals surface area contributed by atoms with Gasteiger partial charge in [-0.1, -0.05) is 24.3 Å². The molecule has 2 aliphatic heterocycles. The Morgan fingerprint density at radius 1 is 1.05 bits per heavy atom. The third kappa shape index (κ3) is 2.09. The highest BCUT2D eigenvalue weighted by molar-refractivity contribution is 6.42. The van der Waals surface area contributed by atoms with Crippen molar-refractivity contribution in [3.8, 4) is 0 Å². The monoisotopic (exact) mass is 257 g/mol. The van der Waals surface area contributed by atoms with Crippen LogP contribution in [0.1, 0.15) is 38.8 Å². The number of fused-ring (bicyclic) bond motifs is 1. The molecule has 0 amide bonds. The molecule has 1 aromatic carbocycles. The van der Waals surface area contributed by atoms with Crippen molar-refractivity contribution in [2.24, 2.45) is 0 Å². The van der Waals surface area contributed by atoms with Crippen LogP contribution in [0.5, 0.6) is 0 Å². The number of hydrogen-bond acceptors (Lipinski definition) is 3. The minimum absolute atomic E-state index is 0.289. The number of rotatable bonds is 1. The Morgan fingerprint density at radius 3 is 2.37 bits per heavy atom. The fourth-order valence-electron chi connectivity index (χ4n) is 2.36. The van der Waals surface area contributed by atoms with Gasteiger partial charge in [0.1, 0.15) is 0 Å². The van der Waals surface area contributed by atoms with Crippen LogP contribution in [0.3, 0.4) is 0 Å². The summed E-state index contributed by atoms with van der Waals surface area (Å²) in [6.45, 7) is 9.13. The van der Waals surface area contributed by atoms with E-state index in [1.165, 1.54) is 11.1 Å². The summed E-state index contributed by atoms with van der Waals surface area (Å²) in [5, 5.41) is 0. The average molecular weight is 257 g/mol. The molecule has 0 bridgehead atoms. The molecule has 0 aliphatic carbocycles. The van der Waals surface area contributed by atoms with Gasteiger partial charge in [0, 0.05) is 6.54 Å². The van der Waals surface area contributed by atoms with Crippen LogP contribution in [0.25, 0.3) is 6.08 Å². The number of hydrogen-bond donors (Lipinski definition) is 0. The topological polar surface area (TPSA) is 21.7 Å². The second-order valence-electron chi connectivity index (χ2n) is 6.25. The molecule has 1 saturated heterocycles. The summed E-state index contributed by atoms with van der Waals surface area (Å²) in [7, 11) is -0.311. The van der Waals surface area contributed by atoms with Gasteiger partial charge >= 0.3 is 7.25 Å². The summed E-state index contributed by atoms with van der Waals surface area (Å²) in [5.74, 6) is 0. The van der Waals surface area contributed by atoms with E-state index < -0.39 is 0 Å². The molecular formula is C15H20BNO2. The van der Waals surface area contributed by atoms with Crippen LogP contribution < -0.4 is 0 Å². The van der Waals surface area contributed by atoms with Gasteiger partial charge in [-0.15, -0.1) is 0 Å². The zero-order valence-electron chi connectivity index (χ0n) is 12.0. The van der Waals surface area contributed by atoms with E-state index >= 15 is 0 Å². The van der Waals surface area contributed by atoms with Crippen molar-refractivity contribution in [3.63, 3.8) is 0 Å². The quantitative estimate of drug-likeness (QED) is 0.722. The van der Waals surface area contributed by atoms with Gasteiger partial charge in [-0.3, -0.25) is 0 Å². The van der Waals surface area contributed by atoms with E-state index in [0.717, 1.165) is 6.54 Å². The Bertz CT molecular complexity index is 509. The lowest BCUT2D eigenvalue weighted by Gasteiger charge is -2.32. The molecule has 4 heteroatoms. The van der Waals surface area contributed by atoms with Crippen LogP contribution in [0, 0.1) is 0 Å². The minimum Gasteiger partial charge on any atom is -0.384 e. The molecule has 0 atom stereocenters. The smallest absolute Gasteiger partial charge is 0.384 e. The summed E-state index contributed by atoms with van der Waals surface area (Å²) in [4.78, 5) is 2.11. The molecule has 1 fully saturated rings. The summed E-state index contributed by atoms with van der Waals surface area (Å²) < 4.78 is 12.1. The van der Waals surface area contributed by atoms with Crippen molar-refractivity contribution in [2.45, 2.75) is 45.4 Å². The predicted molar refractivity (Wildman–Crippen MR) is 77.1 cm³/mol. The van der Waals surface area contributed by atoms with E-state index in [1.54, 1.807) is 0 Å². The Kier molecular flexibility index (Phi) is 2.77. The fraction of sp³-hybridized carbons (Fsp3) is 0.467. The fourth-order valence-corrected chi connectivity index (χ4v) is 2.36. The number of nitrogens with zero attached hydrogens (tertiary/aromatic N) is 1. The molecule has 0 saturated carbocycles. The molecule has 0 radical (unpaired) electrons. The van der Waals surface area contributed by atoms with Gasteiger partial charge in [0.25, 0.3) is 0 Å². The van der Waals surface area contributed by atoms with Crippen molar-refractivity contribution >= 4 is 13.3 Å².